The van der Waals surface area contributed by atoms with Gasteiger partial charge < -0.3 is 19.5 Å². The molecule has 2 spiro atoms. The summed E-state index contributed by atoms with van der Waals surface area (Å²) in [6.07, 6.45) is 0.970. The topological polar surface area (TPSA) is 72.3 Å². The Bertz CT molecular complexity index is 1530. The molecule has 7 nitrogen and oxygen atoms in total. The molecule has 3 fully saturated rings. The number of halogens is 4. The SMILES string of the molecule is Cc1nc(N[C@H](C)c2cccc(C(F)(F)F)c2F)c2cc3n(c2n1)CCOC31CC2(CCN(C(=O)C3CC3)CC2)C1. The molecule has 0 bridgehead atoms. The van der Waals surface area contributed by atoms with Crippen LogP contribution in [0.3, 0.4) is 0 Å². The summed E-state index contributed by atoms with van der Waals surface area (Å²) in [5, 5.41) is 3.91. The van der Waals surface area contributed by atoms with Crippen molar-refractivity contribution in [2.45, 2.75) is 76.7 Å². The lowest BCUT2D eigenvalue weighted by Gasteiger charge is -2.59. The summed E-state index contributed by atoms with van der Waals surface area (Å²) < 4.78 is 63.5. The molecule has 4 heterocycles. The zero-order chi connectivity index (χ0) is 28.7. The van der Waals surface area contributed by atoms with Crippen LogP contribution in [0.4, 0.5) is 23.4 Å². The van der Waals surface area contributed by atoms with Gasteiger partial charge in [0.15, 0.2) is 0 Å². The van der Waals surface area contributed by atoms with Crippen molar-refractivity contribution >= 4 is 22.8 Å². The van der Waals surface area contributed by atoms with Crippen LogP contribution in [-0.4, -0.2) is 45.0 Å². The first kappa shape index (κ1) is 26.7. The summed E-state index contributed by atoms with van der Waals surface area (Å²) in [5.41, 5.74) is 0.109. The van der Waals surface area contributed by atoms with Gasteiger partial charge in [-0.25, -0.2) is 14.4 Å². The maximum Gasteiger partial charge on any atom is 0.419 e. The van der Waals surface area contributed by atoms with Crippen LogP contribution in [0.2, 0.25) is 0 Å². The van der Waals surface area contributed by atoms with Crippen LogP contribution in [0.25, 0.3) is 11.0 Å². The number of rotatable bonds is 4. The number of benzene rings is 1. The molecular formula is C30H33F4N5O2. The highest BCUT2D eigenvalue weighted by atomic mass is 19.4. The molecular weight excluding hydrogens is 538 g/mol. The fraction of sp³-hybridized carbons (Fsp3) is 0.567. The summed E-state index contributed by atoms with van der Waals surface area (Å²) in [7, 11) is 0. The molecule has 0 radical (unpaired) electrons. The Morgan fingerprint density at radius 2 is 1.88 bits per heavy atom. The van der Waals surface area contributed by atoms with E-state index in [0.29, 0.717) is 30.7 Å². The minimum Gasteiger partial charge on any atom is -0.367 e. The fourth-order valence-corrected chi connectivity index (χ4v) is 7.33. The Morgan fingerprint density at radius 1 is 1.15 bits per heavy atom. The van der Waals surface area contributed by atoms with Crippen molar-refractivity contribution in [3.8, 4) is 0 Å². The maximum atomic E-state index is 14.9. The van der Waals surface area contributed by atoms with Gasteiger partial charge in [0.2, 0.25) is 5.91 Å². The Hall–Kier alpha value is -3.21. The van der Waals surface area contributed by atoms with Gasteiger partial charge in [-0.3, -0.25) is 4.79 Å². The third-order valence-corrected chi connectivity index (χ3v) is 9.56. The molecule has 7 rings (SSSR count). The van der Waals surface area contributed by atoms with Crippen LogP contribution in [0.15, 0.2) is 24.3 Å². The number of alkyl halides is 3. The van der Waals surface area contributed by atoms with Gasteiger partial charge in [0, 0.05) is 31.1 Å². The average Bonchev–Trinajstić information content (AvgIpc) is 3.69. The molecule has 2 aliphatic heterocycles. The summed E-state index contributed by atoms with van der Waals surface area (Å²) in [6, 6.07) is 4.59. The molecule has 1 N–H and O–H groups in total. The molecule has 1 saturated heterocycles. The Kier molecular flexibility index (Phi) is 5.95. The molecule has 4 aliphatic rings. The second-order valence-corrected chi connectivity index (χ2v) is 12.4. The second kappa shape index (κ2) is 9.14. The first-order valence-electron chi connectivity index (χ1n) is 14.4. The van der Waals surface area contributed by atoms with E-state index < -0.39 is 29.2 Å². The zero-order valence-corrected chi connectivity index (χ0v) is 23.2. The predicted molar refractivity (Wildman–Crippen MR) is 144 cm³/mol. The van der Waals surface area contributed by atoms with Crippen LogP contribution in [-0.2, 0) is 27.9 Å². The van der Waals surface area contributed by atoms with E-state index in [1.807, 2.05) is 11.0 Å². The Morgan fingerprint density at radius 3 is 2.56 bits per heavy atom. The third kappa shape index (κ3) is 4.38. The van der Waals surface area contributed by atoms with Crippen LogP contribution in [0.1, 0.15) is 74.1 Å². The van der Waals surface area contributed by atoms with Crippen LogP contribution in [0.5, 0.6) is 0 Å². The number of likely N-dealkylation sites (tertiary alicyclic amines) is 1. The number of fused-ring (bicyclic) bond motifs is 4. The van der Waals surface area contributed by atoms with Crippen LogP contribution in [0, 0.1) is 24.1 Å². The minimum atomic E-state index is -4.78. The van der Waals surface area contributed by atoms with Gasteiger partial charge in [0.25, 0.3) is 0 Å². The van der Waals surface area contributed by atoms with Crippen LogP contribution >= 0.6 is 0 Å². The lowest BCUT2D eigenvalue weighted by molar-refractivity contribution is -0.206. The normalized spacial score (nSPS) is 22.0. The van der Waals surface area contributed by atoms with Crippen molar-refractivity contribution in [1.29, 1.82) is 0 Å². The number of anilines is 1. The van der Waals surface area contributed by atoms with Gasteiger partial charge in [0.1, 0.15) is 28.7 Å². The number of piperidine rings is 1. The number of hydrogen-bond acceptors (Lipinski definition) is 5. The summed E-state index contributed by atoms with van der Waals surface area (Å²) in [6.45, 7) is 6.18. The summed E-state index contributed by atoms with van der Waals surface area (Å²) >= 11 is 0. The fourth-order valence-electron chi connectivity index (χ4n) is 7.33. The van der Waals surface area contributed by atoms with Crippen molar-refractivity contribution in [2.24, 2.45) is 11.3 Å². The van der Waals surface area contributed by atoms with Gasteiger partial charge >= 0.3 is 6.18 Å². The number of aromatic nitrogens is 3. The highest BCUT2D eigenvalue weighted by molar-refractivity contribution is 5.89. The Balaban J connectivity index is 1.16. The van der Waals surface area contributed by atoms with Crippen molar-refractivity contribution in [3.63, 3.8) is 0 Å². The van der Waals surface area contributed by atoms with Crippen LogP contribution < -0.4 is 5.32 Å². The average molecular weight is 572 g/mol. The van der Waals surface area contributed by atoms with Crippen molar-refractivity contribution in [2.75, 3.05) is 25.0 Å². The molecule has 2 saturated carbocycles. The lowest BCUT2D eigenvalue weighted by Crippen LogP contribution is -2.58. The van der Waals surface area contributed by atoms with Gasteiger partial charge in [-0.1, -0.05) is 12.1 Å². The first-order chi connectivity index (χ1) is 19.5. The van der Waals surface area contributed by atoms with E-state index in [0.717, 1.165) is 74.4 Å². The number of ether oxygens (including phenoxy) is 1. The highest BCUT2D eigenvalue weighted by Gasteiger charge is 2.59. The van der Waals surface area contributed by atoms with Gasteiger partial charge in [-0.2, -0.15) is 13.2 Å². The molecule has 2 aliphatic carbocycles. The quantitative estimate of drug-likeness (QED) is 0.383. The number of nitrogens with one attached hydrogen (secondary N) is 1. The number of hydrogen-bond donors (Lipinski definition) is 1. The van der Waals surface area contributed by atoms with E-state index in [1.54, 1.807) is 13.8 Å². The van der Waals surface area contributed by atoms with E-state index in [2.05, 4.69) is 14.9 Å². The number of nitrogens with zero attached hydrogens (tertiary/aromatic N) is 4. The van der Waals surface area contributed by atoms with Crippen molar-refractivity contribution in [1.82, 2.24) is 19.4 Å². The molecule has 2 aromatic heterocycles. The lowest BCUT2D eigenvalue weighted by atomic mass is 9.54. The zero-order valence-electron chi connectivity index (χ0n) is 23.2. The molecule has 1 aromatic carbocycles. The van der Waals surface area contributed by atoms with E-state index >= 15 is 0 Å². The van der Waals surface area contributed by atoms with Crippen molar-refractivity contribution < 1.29 is 27.1 Å². The minimum absolute atomic E-state index is 0.0829. The van der Waals surface area contributed by atoms with Gasteiger partial charge in [-0.15, -0.1) is 0 Å². The van der Waals surface area contributed by atoms with E-state index in [4.69, 9.17) is 9.72 Å². The molecule has 41 heavy (non-hydrogen) atoms. The monoisotopic (exact) mass is 571 g/mol. The summed E-state index contributed by atoms with van der Waals surface area (Å²) in [5.74, 6) is 0.242. The number of carbonyl (C=O) groups is 1. The maximum absolute atomic E-state index is 14.9. The van der Waals surface area contributed by atoms with Crippen molar-refractivity contribution in [3.05, 3.63) is 52.7 Å². The molecule has 11 heteroatoms. The summed E-state index contributed by atoms with van der Waals surface area (Å²) in [4.78, 5) is 23.9. The predicted octanol–water partition coefficient (Wildman–Crippen LogP) is 6.11. The molecule has 3 aromatic rings. The van der Waals surface area contributed by atoms with Gasteiger partial charge in [0.05, 0.1) is 29.3 Å². The number of amides is 1. The highest BCUT2D eigenvalue weighted by Crippen LogP contribution is 2.62. The smallest absolute Gasteiger partial charge is 0.367 e. The Labute approximate surface area is 235 Å². The largest absolute Gasteiger partial charge is 0.419 e. The standard InChI is InChI=1S/C30H33F4N5O2/c1-17(20-4-3-5-22(24(20)31)30(32,33)34)35-25-21-14-23-29(41-13-12-39(23)26(21)37-18(2)36-25)15-28(16-29)8-10-38(11-9-28)27(40)19-6-7-19/h3-5,14,17,19H,6-13,15-16H2,1-2H3,(H,35,36,37)/t17-/m1/s1. The first-order valence-corrected chi connectivity index (χ1v) is 14.4. The molecule has 1 atom stereocenters. The number of aryl methyl sites for hydroxylation is 1. The molecule has 0 unspecified atom stereocenters. The van der Waals surface area contributed by atoms with E-state index in [-0.39, 0.29) is 16.9 Å². The molecule has 218 valence electrons. The number of carbonyl (C=O) groups excluding carboxylic acids is 1. The van der Waals surface area contributed by atoms with Gasteiger partial charge in [-0.05, 0) is 69.9 Å². The molecule has 1 amide bonds. The second-order valence-electron chi connectivity index (χ2n) is 12.4. The van der Waals surface area contributed by atoms with E-state index in [1.165, 1.54) is 12.1 Å². The van der Waals surface area contributed by atoms with E-state index in [9.17, 15) is 22.4 Å². The third-order valence-electron chi connectivity index (χ3n) is 9.56.